The van der Waals surface area contributed by atoms with Crippen molar-refractivity contribution < 1.29 is 19.2 Å². The molecule has 250 valence electrons. The lowest BCUT2D eigenvalue weighted by atomic mass is 9.82. The Hall–Kier alpha value is -5.76. The molecule has 0 aromatic heterocycles. The molecule has 0 spiro atoms. The summed E-state index contributed by atoms with van der Waals surface area (Å²) in [4.78, 5) is 55.1. The van der Waals surface area contributed by atoms with Crippen molar-refractivity contribution in [3.8, 4) is 0 Å². The van der Waals surface area contributed by atoms with Crippen molar-refractivity contribution >= 4 is 51.8 Å². The highest BCUT2D eigenvalue weighted by Gasteiger charge is 2.34. The summed E-state index contributed by atoms with van der Waals surface area (Å²) in [6.07, 6.45) is 3.39. The lowest BCUT2D eigenvalue weighted by Crippen LogP contribution is -2.31. The summed E-state index contributed by atoms with van der Waals surface area (Å²) >= 11 is 0. The molecule has 0 heterocycles. The molecule has 0 aliphatic heterocycles. The molecular weight excluding hydrogens is 612 g/mol. The molecule has 5 rings (SSSR count). The number of hydrogen-bond acceptors (Lipinski definition) is 6. The van der Waals surface area contributed by atoms with Crippen LogP contribution in [0.2, 0.25) is 0 Å². The maximum atomic E-state index is 14.1. The Morgan fingerprint density at radius 1 is 0.673 bits per heavy atom. The van der Waals surface area contributed by atoms with Crippen LogP contribution in [0.1, 0.15) is 72.5 Å². The zero-order chi connectivity index (χ0) is 35.4. The first-order chi connectivity index (χ1) is 23.4. The molecule has 0 unspecified atom stereocenters. The van der Waals surface area contributed by atoms with Crippen molar-refractivity contribution in [2.75, 3.05) is 29.0 Å². The molecule has 0 saturated carbocycles. The number of benzene rings is 4. The van der Waals surface area contributed by atoms with E-state index in [4.69, 9.17) is 0 Å². The fourth-order valence-corrected chi connectivity index (χ4v) is 6.50. The van der Waals surface area contributed by atoms with Crippen molar-refractivity contribution in [2.45, 2.75) is 47.5 Å². The van der Waals surface area contributed by atoms with E-state index in [0.717, 1.165) is 39.2 Å². The molecule has 1 aliphatic rings. The molecule has 8 nitrogen and oxygen atoms in total. The number of anilines is 5. The molecular formula is C41H42N4O4. The zero-order valence-corrected chi connectivity index (χ0v) is 28.8. The second-order valence-corrected chi connectivity index (χ2v) is 12.5. The normalized spacial score (nSPS) is 11.7. The molecule has 49 heavy (non-hydrogen) atoms. The van der Waals surface area contributed by atoms with Gasteiger partial charge in [-0.2, -0.15) is 0 Å². The minimum atomic E-state index is -0.274. The number of ketones is 2. The summed E-state index contributed by atoms with van der Waals surface area (Å²) in [5.41, 5.74) is 9.55. The average Bonchev–Trinajstić information content (AvgIpc) is 3.05. The highest BCUT2D eigenvalue weighted by molar-refractivity contribution is 6.32. The lowest BCUT2D eigenvalue weighted by molar-refractivity contribution is -0.131. The summed E-state index contributed by atoms with van der Waals surface area (Å²) in [7, 11) is 0. The third kappa shape index (κ3) is 7.23. The number of carbonyl (C=O) groups is 4. The van der Waals surface area contributed by atoms with E-state index in [1.54, 1.807) is 41.3 Å². The number of rotatable bonds is 12. The number of amides is 2. The summed E-state index contributed by atoms with van der Waals surface area (Å²) < 4.78 is 0. The minimum absolute atomic E-state index is 0.0352. The average molecular weight is 655 g/mol. The van der Waals surface area contributed by atoms with Gasteiger partial charge in [-0.05, 0) is 81.1 Å². The number of aryl methyl sites for hydroxylation is 5. The van der Waals surface area contributed by atoms with Gasteiger partial charge < -0.3 is 20.9 Å². The molecule has 0 bridgehead atoms. The van der Waals surface area contributed by atoms with E-state index in [9.17, 15) is 19.2 Å². The SMILES string of the molecule is C=CCN(CC=C)C(=O)CCC(=O)Nc1cc(C)c(Nc2ccc(Nc3c(C)cc(C)cc3C)c3c2C(=O)c2ccccc2C3=O)c(C)c1. The Morgan fingerprint density at radius 2 is 1.12 bits per heavy atom. The zero-order valence-electron chi connectivity index (χ0n) is 28.8. The molecule has 0 atom stereocenters. The smallest absolute Gasteiger partial charge is 0.224 e. The van der Waals surface area contributed by atoms with Crippen LogP contribution in [0, 0.1) is 34.6 Å². The van der Waals surface area contributed by atoms with Gasteiger partial charge in [0.1, 0.15) is 0 Å². The summed E-state index contributed by atoms with van der Waals surface area (Å²) in [5.74, 6) is -0.877. The van der Waals surface area contributed by atoms with E-state index in [0.29, 0.717) is 52.4 Å². The van der Waals surface area contributed by atoms with Gasteiger partial charge in [-0.15, -0.1) is 13.2 Å². The van der Waals surface area contributed by atoms with Gasteiger partial charge in [0.2, 0.25) is 11.8 Å². The maximum absolute atomic E-state index is 14.1. The molecule has 8 heteroatoms. The van der Waals surface area contributed by atoms with Gasteiger partial charge in [-0.25, -0.2) is 0 Å². The van der Waals surface area contributed by atoms with Crippen molar-refractivity contribution in [3.63, 3.8) is 0 Å². The lowest BCUT2D eigenvalue weighted by Gasteiger charge is -2.25. The Balaban J connectivity index is 1.44. The van der Waals surface area contributed by atoms with Crippen LogP contribution in [0.15, 0.2) is 86.0 Å². The molecule has 1 aliphatic carbocycles. The summed E-state index contributed by atoms with van der Waals surface area (Å²) in [6.45, 7) is 18.0. The molecule has 3 N–H and O–H groups in total. The van der Waals surface area contributed by atoms with E-state index < -0.39 is 0 Å². The first-order valence-corrected chi connectivity index (χ1v) is 16.3. The van der Waals surface area contributed by atoms with Gasteiger partial charge in [0.15, 0.2) is 11.6 Å². The van der Waals surface area contributed by atoms with E-state index >= 15 is 0 Å². The van der Waals surface area contributed by atoms with Gasteiger partial charge in [-0.1, -0.05) is 54.1 Å². The number of carbonyl (C=O) groups excluding carboxylic acids is 4. The van der Waals surface area contributed by atoms with Crippen molar-refractivity contribution in [3.05, 3.63) is 136 Å². The first-order valence-electron chi connectivity index (χ1n) is 16.3. The Labute approximate surface area is 287 Å². The fraction of sp³-hybridized carbons (Fsp3) is 0.220. The largest absolute Gasteiger partial charge is 0.354 e. The van der Waals surface area contributed by atoms with E-state index in [-0.39, 0.29) is 36.2 Å². The van der Waals surface area contributed by atoms with Gasteiger partial charge in [0.05, 0.1) is 22.5 Å². The second-order valence-electron chi connectivity index (χ2n) is 12.5. The van der Waals surface area contributed by atoms with Crippen LogP contribution in [0.4, 0.5) is 28.4 Å². The third-order valence-electron chi connectivity index (χ3n) is 8.71. The Bertz CT molecular complexity index is 1970. The minimum Gasteiger partial charge on any atom is -0.354 e. The highest BCUT2D eigenvalue weighted by Crippen LogP contribution is 2.40. The van der Waals surface area contributed by atoms with Gasteiger partial charge in [0.25, 0.3) is 0 Å². The molecule has 4 aromatic carbocycles. The van der Waals surface area contributed by atoms with Gasteiger partial charge >= 0.3 is 0 Å². The van der Waals surface area contributed by atoms with Crippen molar-refractivity contribution in [1.82, 2.24) is 4.90 Å². The number of nitrogens with one attached hydrogen (secondary N) is 3. The van der Waals surface area contributed by atoms with Crippen LogP contribution in [-0.4, -0.2) is 41.4 Å². The van der Waals surface area contributed by atoms with Crippen molar-refractivity contribution in [2.24, 2.45) is 0 Å². The Kier molecular flexibility index (Phi) is 10.3. The van der Waals surface area contributed by atoms with Crippen LogP contribution in [0.3, 0.4) is 0 Å². The van der Waals surface area contributed by atoms with Crippen LogP contribution in [-0.2, 0) is 9.59 Å². The van der Waals surface area contributed by atoms with Gasteiger partial charge in [-0.3, -0.25) is 19.2 Å². The van der Waals surface area contributed by atoms with E-state index in [1.165, 1.54) is 0 Å². The number of hydrogen-bond donors (Lipinski definition) is 3. The molecule has 0 fully saturated rings. The van der Waals surface area contributed by atoms with Crippen LogP contribution in [0.25, 0.3) is 0 Å². The highest BCUT2D eigenvalue weighted by atomic mass is 16.2. The monoisotopic (exact) mass is 654 g/mol. The molecule has 2 amide bonds. The van der Waals surface area contributed by atoms with E-state index in [1.807, 2.05) is 58.9 Å². The summed E-state index contributed by atoms with van der Waals surface area (Å²) in [5, 5.41) is 9.83. The topological polar surface area (TPSA) is 108 Å². The van der Waals surface area contributed by atoms with E-state index in [2.05, 4.69) is 41.2 Å². The quantitative estimate of drug-likeness (QED) is 0.117. The third-order valence-corrected chi connectivity index (χ3v) is 8.71. The van der Waals surface area contributed by atoms with Gasteiger partial charge in [0, 0.05) is 54.1 Å². The predicted octanol–water partition coefficient (Wildman–Crippen LogP) is 8.41. The molecule has 0 radical (unpaired) electrons. The van der Waals surface area contributed by atoms with Crippen LogP contribution >= 0.6 is 0 Å². The Morgan fingerprint density at radius 3 is 1.57 bits per heavy atom. The first kappa shape index (κ1) is 34.6. The van der Waals surface area contributed by atoms with Crippen molar-refractivity contribution in [1.29, 1.82) is 0 Å². The molecule has 4 aromatic rings. The van der Waals surface area contributed by atoms with Crippen LogP contribution in [0.5, 0.6) is 0 Å². The number of fused-ring (bicyclic) bond motifs is 2. The summed E-state index contributed by atoms with van der Waals surface area (Å²) in [6, 6.07) is 18.4. The molecule has 0 saturated heterocycles. The predicted molar refractivity (Wildman–Crippen MR) is 198 cm³/mol. The maximum Gasteiger partial charge on any atom is 0.224 e. The number of nitrogens with zero attached hydrogens (tertiary/aromatic N) is 1. The second kappa shape index (κ2) is 14.6. The van der Waals surface area contributed by atoms with Crippen LogP contribution < -0.4 is 16.0 Å². The fourth-order valence-electron chi connectivity index (χ4n) is 6.50. The standard InChI is InChI=1S/C41H42N4O4/c1-8-18-45(19-9-2)35(47)17-16-34(46)42-29-22-27(6)39(28(7)23-29)44-33-15-14-32(43-38-25(4)20-24(3)21-26(38)5)36-37(33)41(49)31-13-11-10-12-30(31)40(36)48/h8-15,20-23,43-44H,1-2,16-19H2,3-7H3,(H,42,46).